The standard InChI is InChI=1S/C12H14ClFO/c13-11-3-1-2-10(8-11)12(9-14)4-6-15-7-5-12/h1-3,8H,4-7,9H2. The molecule has 0 N–H and O–H groups in total. The van der Waals surface area contributed by atoms with Gasteiger partial charge in [0.25, 0.3) is 0 Å². The second kappa shape index (κ2) is 4.50. The molecule has 1 saturated heterocycles. The summed E-state index contributed by atoms with van der Waals surface area (Å²) in [5.74, 6) is 0. The van der Waals surface area contributed by atoms with Gasteiger partial charge in [-0.05, 0) is 30.5 Å². The number of hydrogen-bond acceptors (Lipinski definition) is 1. The van der Waals surface area contributed by atoms with Gasteiger partial charge < -0.3 is 4.74 Å². The third-order valence-electron chi connectivity index (χ3n) is 3.14. The highest BCUT2D eigenvalue weighted by Crippen LogP contribution is 2.36. The molecule has 1 fully saturated rings. The largest absolute Gasteiger partial charge is 0.381 e. The Balaban J connectivity index is 2.32. The Kier molecular flexibility index (Phi) is 3.27. The number of rotatable bonds is 2. The Bertz CT molecular complexity index is 334. The van der Waals surface area contributed by atoms with Crippen LogP contribution in [0.5, 0.6) is 0 Å². The Hall–Kier alpha value is -0.600. The van der Waals surface area contributed by atoms with Gasteiger partial charge in [0.15, 0.2) is 0 Å². The van der Waals surface area contributed by atoms with Gasteiger partial charge in [-0.25, -0.2) is 0 Å². The first-order valence-corrected chi connectivity index (χ1v) is 5.54. The minimum atomic E-state index is -0.372. The molecule has 0 saturated carbocycles. The van der Waals surface area contributed by atoms with Crippen LogP contribution in [0, 0.1) is 0 Å². The Labute approximate surface area is 94.2 Å². The number of hydrogen-bond donors (Lipinski definition) is 0. The first kappa shape index (κ1) is 10.9. The van der Waals surface area contributed by atoms with E-state index in [1.54, 1.807) is 0 Å². The summed E-state index contributed by atoms with van der Waals surface area (Å²) in [5, 5.41) is 0.673. The smallest absolute Gasteiger partial charge is 0.0992 e. The molecule has 1 aliphatic heterocycles. The molecule has 1 aromatic rings. The normalized spacial score (nSPS) is 20.1. The molecular formula is C12H14ClFO. The maximum atomic E-state index is 13.3. The summed E-state index contributed by atoms with van der Waals surface area (Å²) in [7, 11) is 0. The molecule has 3 heteroatoms. The van der Waals surface area contributed by atoms with Crippen LogP contribution in [0.1, 0.15) is 18.4 Å². The third kappa shape index (κ3) is 2.16. The lowest BCUT2D eigenvalue weighted by atomic mass is 9.75. The summed E-state index contributed by atoms with van der Waals surface area (Å²) in [4.78, 5) is 0. The fourth-order valence-electron chi connectivity index (χ4n) is 2.08. The summed E-state index contributed by atoms with van der Waals surface area (Å²) < 4.78 is 18.5. The van der Waals surface area contributed by atoms with E-state index in [0.29, 0.717) is 18.2 Å². The van der Waals surface area contributed by atoms with Crippen molar-refractivity contribution in [1.29, 1.82) is 0 Å². The van der Waals surface area contributed by atoms with E-state index in [9.17, 15) is 4.39 Å². The molecule has 0 aromatic heterocycles. The van der Waals surface area contributed by atoms with E-state index in [4.69, 9.17) is 16.3 Å². The average molecular weight is 229 g/mol. The van der Waals surface area contributed by atoms with Crippen molar-refractivity contribution in [2.75, 3.05) is 19.9 Å². The van der Waals surface area contributed by atoms with Gasteiger partial charge in [0.05, 0.1) is 6.67 Å². The molecule has 82 valence electrons. The van der Waals surface area contributed by atoms with Crippen molar-refractivity contribution >= 4 is 11.6 Å². The summed E-state index contributed by atoms with van der Waals surface area (Å²) in [5.41, 5.74) is 0.629. The summed E-state index contributed by atoms with van der Waals surface area (Å²) in [6, 6.07) is 7.52. The van der Waals surface area contributed by atoms with Crippen LogP contribution >= 0.6 is 11.6 Å². The van der Waals surface area contributed by atoms with Gasteiger partial charge in [-0.3, -0.25) is 4.39 Å². The van der Waals surface area contributed by atoms with Crippen molar-refractivity contribution in [2.24, 2.45) is 0 Å². The molecule has 1 aromatic carbocycles. The van der Waals surface area contributed by atoms with E-state index in [2.05, 4.69) is 0 Å². The molecule has 15 heavy (non-hydrogen) atoms. The molecular weight excluding hydrogens is 215 g/mol. The summed E-state index contributed by atoms with van der Waals surface area (Å²) in [6.45, 7) is 0.934. The fraction of sp³-hybridized carbons (Fsp3) is 0.500. The molecule has 0 spiro atoms. The minimum absolute atomic E-state index is 0.337. The first-order chi connectivity index (χ1) is 7.27. The Morgan fingerprint density at radius 1 is 1.33 bits per heavy atom. The van der Waals surface area contributed by atoms with Crippen LogP contribution in [0.4, 0.5) is 4.39 Å². The molecule has 0 bridgehead atoms. The quantitative estimate of drug-likeness (QED) is 0.754. The van der Waals surface area contributed by atoms with Gasteiger partial charge in [0.2, 0.25) is 0 Å². The zero-order chi connectivity index (χ0) is 10.7. The molecule has 0 atom stereocenters. The second-order valence-electron chi connectivity index (χ2n) is 4.04. The van der Waals surface area contributed by atoms with Crippen LogP contribution in [0.2, 0.25) is 5.02 Å². The van der Waals surface area contributed by atoms with Crippen LogP contribution in [0.15, 0.2) is 24.3 Å². The Morgan fingerprint density at radius 3 is 2.67 bits per heavy atom. The van der Waals surface area contributed by atoms with Crippen molar-refractivity contribution in [3.05, 3.63) is 34.9 Å². The van der Waals surface area contributed by atoms with Gasteiger partial charge in [-0.15, -0.1) is 0 Å². The third-order valence-corrected chi connectivity index (χ3v) is 3.38. The zero-order valence-electron chi connectivity index (χ0n) is 8.51. The number of alkyl halides is 1. The van der Waals surface area contributed by atoms with E-state index >= 15 is 0 Å². The topological polar surface area (TPSA) is 9.23 Å². The van der Waals surface area contributed by atoms with Gasteiger partial charge in [0.1, 0.15) is 0 Å². The number of benzene rings is 1. The Morgan fingerprint density at radius 2 is 2.07 bits per heavy atom. The molecule has 0 aliphatic carbocycles. The van der Waals surface area contributed by atoms with Gasteiger partial charge in [0, 0.05) is 23.7 Å². The molecule has 0 unspecified atom stereocenters. The van der Waals surface area contributed by atoms with E-state index < -0.39 is 0 Å². The fourth-order valence-corrected chi connectivity index (χ4v) is 2.27. The van der Waals surface area contributed by atoms with Crippen LogP contribution < -0.4 is 0 Å². The highest BCUT2D eigenvalue weighted by Gasteiger charge is 2.34. The van der Waals surface area contributed by atoms with E-state index in [1.165, 1.54) is 0 Å². The maximum Gasteiger partial charge on any atom is 0.0992 e. The molecule has 1 heterocycles. The summed E-state index contributed by atoms with van der Waals surface area (Å²) >= 11 is 5.93. The maximum absolute atomic E-state index is 13.3. The van der Waals surface area contributed by atoms with Crippen LogP contribution in [-0.2, 0) is 10.2 Å². The summed E-state index contributed by atoms with van der Waals surface area (Å²) in [6.07, 6.45) is 1.48. The average Bonchev–Trinajstić information content (AvgIpc) is 2.30. The van der Waals surface area contributed by atoms with Crippen LogP contribution in [-0.4, -0.2) is 19.9 Å². The first-order valence-electron chi connectivity index (χ1n) is 5.17. The minimum Gasteiger partial charge on any atom is -0.381 e. The SMILES string of the molecule is FCC1(c2cccc(Cl)c2)CCOCC1. The lowest BCUT2D eigenvalue weighted by Gasteiger charge is -2.35. The lowest BCUT2D eigenvalue weighted by molar-refractivity contribution is 0.0402. The highest BCUT2D eigenvalue weighted by molar-refractivity contribution is 6.30. The monoisotopic (exact) mass is 228 g/mol. The predicted molar refractivity (Wildman–Crippen MR) is 59.2 cm³/mol. The van der Waals surface area contributed by atoms with Crippen molar-refractivity contribution in [3.63, 3.8) is 0 Å². The van der Waals surface area contributed by atoms with Gasteiger partial charge in [-0.2, -0.15) is 0 Å². The second-order valence-corrected chi connectivity index (χ2v) is 4.47. The van der Waals surface area contributed by atoms with Crippen molar-refractivity contribution in [3.8, 4) is 0 Å². The number of ether oxygens (including phenoxy) is 1. The van der Waals surface area contributed by atoms with Crippen LogP contribution in [0.25, 0.3) is 0 Å². The molecule has 1 nitrogen and oxygen atoms in total. The van der Waals surface area contributed by atoms with Crippen molar-refractivity contribution < 1.29 is 9.13 Å². The van der Waals surface area contributed by atoms with E-state index in [-0.39, 0.29) is 12.1 Å². The highest BCUT2D eigenvalue weighted by atomic mass is 35.5. The van der Waals surface area contributed by atoms with Crippen LogP contribution in [0.3, 0.4) is 0 Å². The van der Waals surface area contributed by atoms with Crippen molar-refractivity contribution in [2.45, 2.75) is 18.3 Å². The number of halogens is 2. The lowest BCUT2D eigenvalue weighted by Crippen LogP contribution is -2.35. The molecule has 0 radical (unpaired) electrons. The van der Waals surface area contributed by atoms with E-state index in [1.807, 2.05) is 24.3 Å². The molecule has 1 aliphatic rings. The predicted octanol–water partition coefficient (Wildman–Crippen LogP) is 3.36. The molecule has 0 amide bonds. The van der Waals surface area contributed by atoms with Gasteiger partial charge >= 0.3 is 0 Å². The van der Waals surface area contributed by atoms with E-state index in [0.717, 1.165) is 18.4 Å². The van der Waals surface area contributed by atoms with Gasteiger partial charge in [-0.1, -0.05) is 23.7 Å². The molecule has 2 rings (SSSR count). The van der Waals surface area contributed by atoms with Crippen molar-refractivity contribution in [1.82, 2.24) is 0 Å². The zero-order valence-corrected chi connectivity index (χ0v) is 9.27.